The number of rotatable bonds is 5. The van der Waals surface area contributed by atoms with Crippen LogP contribution in [-0.2, 0) is 0 Å². The van der Waals surface area contributed by atoms with Crippen molar-refractivity contribution in [2.75, 3.05) is 70.3 Å². The summed E-state index contributed by atoms with van der Waals surface area (Å²) in [5, 5.41) is 10.6. The van der Waals surface area contributed by atoms with E-state index in [2.05, 4.69) is 49.9 Å². The van der Waals surface area contributed by atoms with Crippen LogP contribution in [0.25, 0.3) is 0 Å². The maximum atomic E-state index is 10.6. The predicted octanol–water partition coefficient (Wildman–Crippen LogP) is 0.950. The van der Waals surface area contributed by atoms with Gasteiger partial charge in [0.1, 0.15) is 0 Å². The lowest BCUT2D eigenvalue weighted by molar-refractivity contribution is 0.0385. The summed E-state index contributed by atoms with van der Waals surface area (Å²) in [5.41, 5.74) is 1.32. The minimum Gasteiger partial charge on any atom is -0.390 e. The SMILES string of the molecule is OC(CN1CCN(c2ccccc2)CC1)CN1CCN2CCCC2C1. The summed E-state index contributed by atoms with van der Waals surface area (Å²) in [4.78, 5) is 9.99. The monoisotopic (exact) mass is 344 g/mol. The zero-order chi connectivity index (χ0) is 17.1. The van der Waals surface area contributed by atoms with E-state index in [1.165, 1.54) is 31.6 Å². The van der Waals surface area contributed by atoms with E-state index in [1.54, 1.807) is 0 Å². The molecule has 1 aromatic rings. The number of anilines is 1. The fourth-order valence-electron chi connectivity index (χ4n) is 4.70. The molecule has 2 unspecified atom stereocenters. The van der Waals surface area contributed by atoms with Gasteiger partial charge in [0.25, 0.3) is 0 Å². The van der Waals surface area contributed by atoms with Gasteiger partial charge in [-0.3, -0.25) is 14.7 Å². The van der Waals surface area contributed by atoms with Crippen molar-refractivity contribution in [2.45, 2.75) is 25.0 Å². The van der Waals surface area contributed by atoms with Crippen LogP contribution in [0.15, 0.2) is 30.3 Å². The summed E-state index contributed by atoms with van der Waals surface area (Å²) < 4.78 is 0. The van der Waals surface area contributed by atoms with Crippen molar-refractivity contribution in [1.29, 1.82) is 0 Å². The van der Waals surface area contributed by atoms with Crippen molar-refractivity contribution in [1.82, 2.24) is 14.7 Å². The molecule has 2 atom stereocenters. The van der Waals surface area contributed by atoms with Gasteiger partial charge in [-0.05, 0) is 31.5 Å². The second kappa shape index (κ2) is 8.04. The molecule has 4 rings (SSSR count). The van der Waals surface area contributed by atoms with Gasteiger partial charge >= 0.3 is 0 Å². The third-order valence-electron chi connectivity index (χ3n) is 6.10. The van der Waals surface area contributed by atoms with Crippen LogP contribution >= 0.6 is 0 Å². The summed E-state index contributed by atoms with van der Waals surface area (Å²) in [6, 6.07) is 11.4. The summed E-state index contributed by atoms with van der Waals surface area (Å²) in [5.74, 6) is 0. The number of fused-ring (bicyclic) bond motifs is 1. The molecule has 0 aromatic heterocycles. The summed E-state index contributed by atoms with van der Waals surface area (Å²) in [6.07, 6.45) is 2.47. The van der Waals surface area contributed by atoms with Gasteiger partial charge in [0.05, 0.1) is 6.10 Å². The van der Waals surface area contributed by atoms with E-state index in [0.29, 0.717) is 0 Å². The molecule has 3 aliphatic rings. The number of β-amino-alcohol motifs (C(OH)–C–C–N with tert-alkyl or cyclic N) is 1. The first-order chi connectivity index (χ1) is 12.3. The Kier molecular flexibility index (Phi) is 5.56. The maximum absolute atomic E-state index is 10.6. The molecule has 1 N–H and O–H groups in total. The lowest BCUT2D eigenvalue weighted by atomic mass is 10.1. The van der Waals surface area contributed by atoms with Crippen molar-refractivity contribution in [3.63, 3.8) is 0 Å². The molecule has 0 bridgehead atoms. The number of hydrogen-bond donors (Lipinski definition) is 1. The van der Waals surface area contributed by atoms with Crippen LogP contribution in [0.2, 0.25) is 0 Å². The summed E-state index contributed by atoms with van der Waals surface area (Å²) in [6.45, 7) is 10.6. The Morgan fingerprint density at radius 1 is 0.880 bits per heavy atom. The molecule has 25 heavy (non-hydrogen) atoms. The molecule has 5 nitrogen and oxygen atoms in total. The highest BCUT2D eigenvalue weighted by molar-refractivity contribution is 5.46. The largest absolute Gasteiger partial charge is 0.390 e. The Labute approximate surface area is 151 Å². The number of piperazine rings is 2. The molecule has 0 aliphatic carbocycles. The van der Waals surface area contributed by atoms with E-state index in [-0.39, 0.29) is 6.10 Å². The van der Waals surface area contributed by atoms with Gasteiger partial charge < -0.3 is 10.0 Å². The van der Waals surface area contributed by atoms with E-state index in [1.807, 2.05) is 0 Å². The fourth-order valence-corrected chi connectivity index (χ4v) is 4.70. The summed E-state index contributed by atoms with van der Waals surface area (Å²) in [7, 11) is 0. The number of hydrogen-bond acceptors (Lipinski definition) is 5. The van der Waals surface area contributed by atoms with Crippen LogP contribution < -0.4 is 4.90 Å². The van der Waals surface area contributed by atoms with Crippen molar-refractivity contribution in [3.8, 4) is 0 Å². The zero-order valence-electron chi connectivity index (χ0n) is 15.3. The van der Waals surface area contributed by atoms with Crippen LogP contribution in [0.3, 0.4) is 0 Å². The second-order valence-electron chi connectivity index (χ2n) is 7.87. The number of aliphatic hydroxyl groups excluding tert-OH is 1. The molecule has 0 spiro atoms. The normalized spacial score (nSPS) is 27.4. The fraction of sp³-hybridized carbons (Fsp3) is 0.700. The summed E-state index contributed by atoms with van der Waals surface area (Å²) >= 11 is 0. The first-order valence-electron chi connectivity index (χ1n) is 9.95. The number of para-hydroxylation sites is 1. The molecule has 0 amide bonds. The van der Waals surface area contributed by atoms with E-state index >= 15 is 0 Å². The third kappa shape index (κ3) is 4.34. The number of aliphatic hydroxyl groups is 1. The minimum absolute atomic E-state index is 0.226. The van der Waals surface area contributed by atoms with Gasteiger partial charge in [-0.1, -0.05) is 18.2 Å². The highest BCUT2D eigenvalue weighted by Gasteiger charge is 2.31. The topological polar surface area (TPSA) is 33.2 Å². The predicted molar refractivity (Wildman–Crippen MR) is 102 cm³/mol. The lowest BCUT2D eigenvalue weighted by Crippen LogP contribution is -2.54. The quantitative estimate of drug-likeness (QED) is 0.860. The Bertz CT molecular complexity index is 532. The van der Waals surface area contributed by atoms with Crippen molar-refractivity contribution >= 4 is 5.69 Å². The maximum Gasteiger partial charge on any atom is 0.0793 e. The molecule has 3 fully saturated rings. The van der Waals surface area contributed by atoms with Crippen LogP contribution in [-0.4, -0.2) is 97.4 Å². The second-order valence-corrected chi connectivity index (χ2v) is 7.87. The standard InChI is InChI=1S/C20H32N4O/c25-20(17-22-11-14-23-8-4-7-19(23)15-22)16-21-9-12-24(13-10-21)18-5-2-1-3-6-18/h1-3,5-6,19-20,25H,4,7-17H2. The average molecular weight is 345 g/mol. The minimum atomic E-state index is -0.226. The smallest absolute Gasteiger partial charge is 0.0793 e. The van der Waals surface area contributed by atoms with Crippen LogP contribution in [0.1, 0.15) is 12.8 Å². The van der Waals surface area contributed by atoms with Gasteiger partial charge in [-0.2, -0.15) is 0 Å². The molecule has 0 radical (unpaired) electrons. The van der Waals surface area contributed by atoms with E-state index < -0.39 is 0 Å². The van der Waals surface area contributed by atoms with Gasteiger partial charge in [0.15, 0.2) is 0 Å². The third-order valence-corrected chi connectivity index (χ3v) is 6.10. The molecular formula is C20H32N4O. The Morgan fingerprint density at radius 2 is 1.60 bits per heavy atom. The van der Waals surface area contributed by atoms with E-state index in [9.17, 15) is 5.11 Å². The Morgan fingerprint density at radius 3 is 2.40 bits per heavy atom. The number of nitrogens with zero attached hydrogens (tertiary/aromatic N) is 4. The van der Waals surface area contributed by atoms with Crippen molar-refractivity contribution in [2.24, 2.45) is 0 Å². The van der Waals surface area contributed by atoms with Gasteiger partial charge in [0, 0.05) is 70.6 Å². The van der Waals surface area contributed by atoms with Crippen LogP contribution in [0, 0.1) is 0 Å². The van der Waals surface area contributed by atoms with E-state index in [0.717, 1.165) is 58.4 Å². The molecule has 1 aromatic carbocycles. The average Bonchev–Trinajstić information content (AvgIpc) is 3.11. The Balaban J connectivity index is 1.19. The Hall–Kier alpha value is -1.14. The van der Waals surface area contributed by atoms with Gasteiger partial charge in [0.2, 0.25) is 0 Å². The zero-order valence-corrected chi connectivity index (χ0v) is 15.3. The van der Waals surface area contributed by atoms with Crippen molar-refractivity contribution in [3.05, 3.63) is 30.3 Å². The molecule has 138 valence electrons. The van der Waals surface area contributed by atoms with Crippen LogP contribution in [0.5, 0.6) is 0 Å². The van der Waals surface area contributed by atoms with Gasteiger partial charge in [-0.15, -0.1) is 0 Å². The molecular weight excluding hydrogens is 312 g/mol. The highest BCUT2D eigenvalue weighted by atomic mass is 16.3. The molecule has 3 heterocycles. The first-order valence-corrected chi connectivity index (χ1v) is 9.95. The molecule has 3 saturated heterocycles. The van der Waals surface area contributed by atoms with Crippen LogP contribution in [0.4, 0.5) is 5.69 Å². The molecule has 3 aliphatic heterocycles. The molecule has 5 heteroatoms. The van der Waals surface area contributed by atoms with Crippen molar-refractivity contribution < 1.29 is 5.11 Å². The van der Waals surface area contributed by atoms with Gasteiger partial charge in [-0.25, -0.2) is 0 Å². The first kappa shape index (κ1) is 17.3. The van der Waals surface area contributed by atoms with E-state index in [4.69, 9.17) is 0 Å². The lowest BCUT2D eigenvalue weighted by Gasteiger charge is -2.40. The number of benzene rings is 1. The highest BCUT2D eigenvalue weighted by Crippen LogP contribution is 2.21. The molecule has 0 saturated carbocycles.